The predicted octanol–water partition coefficient (Wildman–Crippen LogP) is 4.72. The van der Waals surface area contributed by atoms with Crippen LogP contribution < -0.4 is 0 Å². The molecule has 1 atom stereocenters. The molecule has 0 radical (unpaired) electrons. The SMILES string of the molecule is C=CCC1CCC2(CCC(C(C)(C)C)CC2)O1. The molecule has 2 fully saturated rings. The Morgan fingerprint density at radius 2 is 1.76 bits per heavy atom. The van der Waals surface area contributed by atoms with E-state index in [1.165, 1.54) is 38.5 Å². The highest BCUT2D eigenvalue weighted by Crippen LogP contribution is 2.48. The van der Waals surface area contributed by atoms with E-state index in [1.807, 2.05) is 6.08 Å². The lowest BCUT2D eigenvalue weighted by Gasteiger charge is -2.42. The van der Waals surface area contributed by atoms with Gasteiger partial charge >= 0.3 is 0 Å². The van der Waals surface area contributed by atoms with Gasteiger partial charge in [0.2, 0.25) is 0 Å². The molecule has 1 spiro atoms. The van der Waals surface area contributed by atoms with E-state index in [-0.39, 0.29) is 5.60 Å². The summed E-state index contributed by atoms with van der Waals surface area (Å²) < 4.78 is 6.32. The summed E-state index contributed by atoms with van der Waals surface area (Å²) in [6, 6.07) is 0. The van der Waals surface area contributed by atoms with Gasteiger partial charge in [-0.2, -0.15) is 0 Å². The average Bonchev–Trinajstić information content (AvgIpc) is 2.61. The zero-order valence-corrected chi connectivity index (χ0v) is 11.8. The van der Waals surface area contributed by atoms with E-state index in [9.17, 15) is 0 Å². The van der Waals surface area contributed by atoms with Gasteiger partial charge in [-0.1, -0.05) is 26.8 Å². The van der Waals surface area contributed by atoms with Crippen LogP contribution in [0.4, 0.5) is 0 Å². The minimum atomic E-state index is 0.245. The molecule has 1 saturated heterocycles. The highest BCUT2D eigenvalue weighted by atomic mass is 16.5. The van der Waals surface area contributed by atoms with Gasteiger partial charge in [0.1, 0.15) is 0 Å². The summed E-state index contributed by atoms with van der Waals surface area (Å²) in [4.78, 5) is 0. The van der Waals surface area contributed by atoms with E-state index in [0.717, 1.165) is 12.3 Å². The fourth-order valence-electron chi connectivity index (χ4n) is 3.63. The van der Waals surface area contributed by atoms with E-state index >= 15 is 0 Å². The summed E-state index contributed by atoms with van der Waals surface area (Å²) >= 11 is 0. The Balaban J connectivity index is 1.89. The van der Waals surface area contributed by atoms with Crippen molar-refractivity contribution in [1.29, 1.82) is 0 Å². The first-order valence-electron chi connectivity index (χ1n) is 7.24. The van der Waals surface area contributed by atoms with Crippen LogP contribution >= 0.6 is 0 Å². The fraction of sp³-hybridized carbons (Fsp3) is 0.875. The molecule has 0 bridgehead atoms. The Kier molecular flexibility index (Phi) is 3.68. The number of ether oxygens (including phenoxy) is 1. The Morgan fingerprint density at radius 1 is 1.18 bits per heavy atom. The second-order valence-electron chi connectivity index (χ2n) is 7.13. The van der Waals surface area contributed by atoms with Crippen molar-refractivity contribution in [3.05, 3.63) is 12.7 Å². The first-order valence-corrected chi connectivity index (χ1v) is 7.24. The molecule has 0 aromatic rings. The van der Waals surface area contributed by atoms with Gasteiger partial charge in [0.25, 0.3) is 0 Å². The highest BCUT2D eigenvalue weighted by Gasteiger charge is 2.44. The normalized spacial score (nSPS) is 38.5. The summed E-state index contributed by atoms with van der Waals surface area (Å²) in [5.74, 6) is 0.884. The second kappa shape index (κ2) is 4.76. The van der Waals surface area contributed by atoms with Crippen LogP contribution in [0.2, 0.25) is 0 Å². The molecule has 0 aromatic heterocycles. The zero-order chi connectivity index (χ0) is 12.5. The fourth-order valence-corrected chi connectivity index (χ4v) is 3.63. The Morgan fingerprint density at radius 3 is 2.29 bits per heavy atom. The van der Waals surface area contributed by atoms with Crippen molar-refractivity contribution < 1.29 is 4.74 Å². The summed E-state index contributed by atoms with van der Waals surface area (Å²) in [5.41, 5.74) is 0.718. The van der Waals surface area contributed by atoms with Crippen LogP contribution in [0.1, 0.15) is 65.7 Å². The van der Waals surface area contributed by atoms with Crippen LogP contribution in [0.15, 0.2) is 12.7 Å². The molecule has 1 nitrogen and oxygen atoms in total. The third-order valence-corrected chi connectivity index (χ3v) is 4.89. The van der Waals surface area contributed by atoms with E-state index in [0.29, 0.717) is 11.5 Å². The van der Waals surface area contributed by atoms with Crippen LogP contribution in [-0.2, 0) is 4.74 Å². The molecule has 2 aliphatic rings. The van der Waals surface area contributed by atoms with Crippen molar-refractivity contribution in [3.8, 4) is 0 Å². The molecule has 0 N–H and O–H groups in total. The van der Waals surface area contributed by atoms with Gasteiger partial charge in [-0.25, -0.2) is 0 Å². The van der Waals surface area contributed by atoms with Gasteiger partial charge in [0, 0.05) is 0 Å². The minimum Gasteiger partial charge on any atom is -0.371 e. The largest absolute Gasteiger partial charge is 0.371 e. The molecule has 1 aliphatic heterocycles. The van der Waals surface area contributed by atoms with Crippen LogP contribution in [-0.4, -0.2) is 11.7 Å². The maximum Gasteiger partial charge on any atom is 0.0687 e. The lowest BCUT2D eigenvalue weighted by molar-refractivity contribution is -0.0778. The third kappa shape index (κ3) is 2.93. The summed E-state index contributed by atoms with van der Waals surface area (Å²) in [6.45, 7) is 11.0. The first kappa shape index (κ1) is 13.1. The molecule has 1 aliphatic carbocycles. The smallest absolute Gasteiger partial charge is 0.0687 e. The van der Waals surface area contributed by atoms with Crippen LogP contribution in [0, 0.1) is 11.3 Å². The lowest BCUT2D eigenvalue weighted by atomic mass is 9.68. The predicted molar refractivity (Wildman–Crippen MR) is 73.1 cm³/mol. The van der Waals surface area contributed by atoms with Gasteiger partial charge in [-0.3, -0.25) is 0 Å². The number of hydrogen-bond donors (Lipinski definition) is 0. The van der Waals surface area contributed by atoms with Crippen molar-refractivity contribution in [2.24, 2.45) is 11.3 Å². The highest BCUT2D eigenvalue weighted by molar-refractivity contribution is 4.96. The van der Waals surface area contributed by atoms with Gasteiger partial charge in [-0.05, 0) is 56.3 Å². The molecule has 1 saturated carbocycles. The Hall–Kier alpha value is -0.300. The molecule has 2 rings (SSSR count). The summed E-state index contributed by atoms with van der Waals surface area (Å²) in [5, 5.41) is 0. The van der Waals surface area contributed by atoms with E-state index in [2.05, 4.69) is 27.4 Å². The molecular weight excluding hydrogens is 208 g/mol. The van der Waals surface area contributed by atoms with Crippen molar-refractivity contribution in [2.45, 2.75) is 77.4 Å². The summed E-state index contributed by atoms with van der Waals surface area (Å²) in [7, 11) is 0. The molecule has 1 heterocycles. The number of hydrogen-bond acceptors (Lipinski definition) is 1. The van der Waals surface area contributed by atoms with Crippen LogP contribution in [0.25, 0.3) is 0 Å². The Bertz CT molecular complexity index is 266. The van der Waals surface area contributed by atoms with Crippen molar-refractivity contribution in [3.63, 3.8) is 0 Å². The van der Waals surface area contributed by atoms with E-state index in [1.54, 1.807) is 0 Å². The monoisotopic (exact) mass is 236 g/mol. The minimum absolute atomic E-state index is 0.245. The second-order valence-corrected chi connectivity index (χ2v) is 7.13. The van der Waals surface area contributed by atoms with Crippen molar-refractivity contribution in [1.82, 2.24) is 0 Å². The standard InChI is InChI=1S/C16H28O/c1-5-6-14-9-12-16(17-14)10-7-13(8-11-16)15(2,3)4/h5,13-14H,1,6-12H2,2-4H3. The van der Waals surface area contributed by atoms with Gasteiger partial charge < -0.3 is 4.74 Å². The molecule has 0 aromatic carbocycles. The maximum atomic E-state index is 6.32. The summed E-state index contributed by atoms with van der Waals surface area (Å²) in [6.07, 6.45) is 11.3. The van der Waals surface area contributed by atoms with Gasteiger partial charge in [0.15, 0.2) is 0 Å². The molecule has 17 heavy (non-hydrogen) atoms. The molecule has 98 valence electrons. The van der Waals surface area contributed by atoms with Crippen molar-refractivity contribution in [2.75, 3.05) is 0 Å². The molecule has 0 amide bonds. The topological polar surface area (TPSA) is 9.23 Å². The van der Waals surface area contributed by atoms with E-state index < -0.39 is 0 Å². The molecular formula is C16H28O. The lowest BCUT2D eigenvalue weighted by Crippen LogP contribution is -2.37. The first-order chi connectivity index (χ1) is 7.95. The zero-order valence-electron chi connectivity index (χ0n) is 11.8. The Labute approximate surface area is 107 Å². The van der Waals surface area contributed by atoms with Gasteiger partial charge in [-0.15, -0.1) is 6.58 Å². The molecule has 1 heteroatoms. The van der Waals surface area contributed by atoms with Crippen LogP contribution in [0.5, 0.6) is 0 Å². The van der Waals surface area contributed by atoms with Gasteiger partial charge in [0.05, 0.1) is 11.7 Å². The average molecular weight is 236 g/mol. The van der Waals surface area contributed by atoms with Crippen LogP contribution in [0.3, 0.4) is 0 Å². The quantitative estimate of drug-likeness (QED) is 0.631. The third-order valence-electron chi connectivity index (χ3n) is 4.89. The maximum absolute atomic E-state index is 6.32. The molecule has 1 unspecified atom stereocenters. The number of rotatable bonds is 2. The van der Waals surface area contributed by atoms with E-state index in [4.69, 9.17) is 4.74 Å². The van der Waals surface area contributed by atoms with Crippen molar-refractivity contribution >= 4 is 0 Å².